The Kier molecular flexibility index (Phi) is 7.81. The average molecular weight is 486 g/mol. The van der Waals surface area contributed by atoms with E-state index in [9.17, 15) is 22.4 Å². The highest BCUT2D eigenvalue weighted by molar-refractivity contribution is 7.80. The van der Waals surface area contributed by atoms with E-state index in [1.807, 2.05) is 6.07 Å². The molecule has 10 heteroatoms. The number of rotatable bonds is 6. The lowest BCUT2D eigenvalue weighted by molar-refractivity contribution is -0.136. The van der Waals surface area contributed by atoms with Gasteiger partial charge in [0.05, 0.1) is 28.4 Å². The standard InChI is InChI=1S/C24H18F4N4OS/c25-20-4-2-1-3-18(20)22(33)32-21-10-9-17(13-19(21)24(26,27)28)31-23(34)30-12-11-15-5-7-16(14-29)8-6-15/h1-10,13H,11-12H2,(H,32,33)(H2,30,31,34). The van der Waals surface area contributed by atoms with Crippen molar-refractivity contribution in [2.75, 3.05) is 17.2 Å². The lowest BCUT2D eigenvalue weighted by Gasteiger charge is -2.17. The number of hydrogen-bond donors (Lipinski definition) is 3. The molecule has 0 bridgehead atoms. The van der Waals surface area contributed by atoms with E-state index in [1.54, 1.807) is 24.3 Å². The van der Waals surface area contributed by atoms with Crippen LogP contribution in [0.4, 0.5) is 28.9 Å². The molecule has 174 valence electrons. The maximum absolute atomic E-state index is 13.8. The first-order valence-corrected chi connectivity index (χ1v) is 10.4. The molecule has 3 N–H and O–H groups in total. The van der Waals surface area contributed by atoms with Crippen LogP contribution in [0.15, 0.2) is 66.7 Å². The van der Waals surface area contributed by atoms with E-state index in [0.29, 0.717) is 18.5 Å². The molecule has 0 atom stereocenters. The maximum Gasteiger partial charge on any atom is 0.418 e. The number of hydrogen-bond acceptors (Lipinski definition) is 3. The molecule has 0 saturated heterocycles. The second-order valence-electron chi connectivity index (χ2n) is 7.13. The molecule has 0 spiro atoms. The minimum absolute atomic E-state index is 0.0621. The zero-order valence-electron chi connectivity index (χ0n) is 17.5. The molecule has 0 aromatic heterocycles. The first-order valence-electron chi connectivity index (χ1n) is 9.98. The van der Waals surface area contributed by atoms with Crippen molar-refractivity contribution in [3.63, 3.8) is 0 Å². The second-order valence-corrected chi connectivity index (χ2v) is 7.54. The Morgan fingerprint density at radius 1 is 1.00 bits per heavy atom. The molecular weight excluding hydrogens is 468 g/mol. The zero-order chi connectivity index (χ0) is 24.7. The lowest BCUT2D eigenvalue weighted by atomic mass is 10.1. The lowest BCUT2D eigenvalue weighted by Crippen LogP contribution is -2.30. The monoisotopic (exact) mass is 486 g/mol. The number of thiocarbonyl (C=S) groups is 1. The molecule has 1 amide bonds. The molecule has 0 aliphatic carbocycles. The van der Waals surface area contributed by atoms with Crippen molar-refractivity contribution < 1.29 is 22.4 Å². The topological polar surface area (TPSA) is 77.0 Å². The van der Waals surface area contributed by atoms with Gasteiger partial charge in [0.25, 0.3) is 5.91 Å². The van der Waals surface area contributed by atoms with Crippen LogP contribution in [-0.4, -0.2) is 17.6 Å². The van der Waals surface area contributed by atoms with E-state index in [0.717, 1.165) is 23.8 Å². The number of anilines is 2. The van der Waals surface area contributed by atoms with E-state index in [1.165, 1.54) is 24.3 Å². The number of carbonyl (C=O) groups is 1. The van der Waals surface area contributed by atoms with Gasteiger partial charge >= 0.3 is 6.18 Å². The summed E-state index contributed by atoms with van der Waals surface area (Å²) < 4.78 is 54.7. The van der Waals surface area contributed by atoms with E-state index < -0.39 is 29.2 Å². The van der Waals surface area contributed by atoms with Gasteiger partial charge in [-0.15, -0.1) is 0 Å². The quantitative estimate of drug-likeness (QED) is 0.317. The number of halogens is 4. The predicted molar refractivity (Wildman–Crippen MR) is 125 cm³/mol. The highest BCUT2D eigenvalue weighted by atomic mass is 32.1. The summed E-state index contributed by atoms with van der Waals surface area (Å²) >= 11 is 5.15. The summed E-state index contributed by atoms with van der Waals surface area (Å²) in [4.78, 5) is 12.3. The molecule has 34 heavy (non-hydrogen) atoms. The van der Waals surface area contributed by atoms with Crippen LogP contribution in [-0.2, 0) is 12.6 Å². The van der Waals surface area contributed by atoms with Crippen LogP contribution >= 0.6 is 12.2 Å². The van der Waals surface area contributed by atoms with Gasteiger partial charge in [-0.05, 0) is 66.7 Å². The summed E-state index contributed by atoms with van der Waals surface area (Å²) in [5.74, 6) is -1.84. The second kappa shape index (κ2) is 10.8. The minimum atomic E-state index is -4.78. The Hall–Kier alpha value is -3.97. The molecule has 3 rings (SSSR count). The highest BCUT2D eigenvalue weighted by Gasteiger charge is 2.34. The fraction of sp³-hybridized carbons (Fsp3) is 0.125. The number of benzene rings is 3. The Balaban J connectivity index is 1.65. The van der Waals surface area contributed by atoms with Crippen LogP contribution in [0.25, 0.3) is 0 Å². The molecule has 0 fully saturated rings. The third-order valence-electron chi connectivity index (χ3n) is 4.73. The summed E-state index contributed by atoms with van der Waals surface area (Å²) in [6, 6.07) is 17.2. The molecule has 3 aromatic carbocycles. The third-order valence-corrected chi connectivity index (χ3v) is 4.98. The first kappa shape index (κ1) is 24.7. The third kappa shape index (κ3) is 6.52. The number of alkyl halides is 3. The SMILES string of the molecule is N#Cc1ccc(CCNC(=S)Nc2ccc(NC(=O)c3ccccc3F)c(C(F)(F)F)c2)cc1. The van der Waals surface area contributed by atoms with Gasteiger partial charge in [-0.2, -0.15) is 18.4 Å². The number of amides is 1. The maximum atomic E-state index is 13.8. The van der Waals surface area contributed by atoms with Crippen molar-refractivity contribution in [1.29, 1.82) is 5.26 Å². The molecule has 3 aromatic rings. The Bertz CT molecular complexity index is 1240. The Morgan fingerprint density at radius 3 is 2.35 bits per heavy atom. The van der Waals surface area contributed by atoms with Crippen LogP contribution < -0.4 is 16.0 Å². The van der Waals surface area contributed by atoms with Crippen molar-refractivity contribution in [2.45, 2.75) is 12.6 Å². The molecule has 0 radical (unpaired) electrons. The van der Waals surface area contributed by atoms with Gasteiger partial charge in [-0.3, -0.25) is 4.79 Å². The van der Waals surface area contributed by atoms with Gasteiger partial charge < -0.3 is 16.0 Å². The van der Waals surface area contributed by atoms with Crippen LogP contribution in [0.2, 0.25) is 0 Å². The summed E-state index contributed by atoms with van der Waals surface area (Å²) in [5.41, 5.74) is -0.419. The van der Waals surface area contributed by atoms with Gasteiger partial charge in [-0.25, -0.2) is 4.39 Å². The first-order chi connectivity index (χ1) is 16.2. The van der Waals surface area contributed by atoms with E-state index in [-0.39, 0.29) is 16.4 Å². The van der Waals surface area contributed by atoms with E-state index >= 15 is 0 Å². The minimum Gasteiger partial charge on any atom is -0.362 e. The van der Waals surface area contributed by atoms with Crippen LogP contribution in [0.3, 0.4) is 0 Å². The van der Waals surface area contributed by atoms with Gasteiger partial charge in [0.15, 0.2) is 5.11 Å². The van der Waals surface area contributed by atoms with Crippen molar-refractivity contribution in [2.24, 2.45) is 0 Å². The van der Waals surface area contributed by atoms with Crippen LogP contribution in [0.5, 0.6) is 0 Å². The Morgan fingerprint density at radius 2 is 1.71 bits per heavy atom. The number of carbonyl (C=O) groups excluding carboxylic acids is 1. The smallest absolute Gasteiger partial charge is 0.362 e. The van der Waals surface area contributed by atoms with Crippen molar-refractivity contribution >= 4 is 34.6 Å². The predicted octanol–water partition coefficient (Wildman–Crippen LogP) is 5.50. The summed E-state index contributed by atoms with van der Waals surface area (Å²) in [6.07, 6.45) is -4.19. The molecule has 5 nitrogen and oxygen atoms in total. The molecule has 0 saturated carbocycles. The van der Waals surface area contributed by atoms with Gasteiger partial charge in [-0.1, -0.05) is 24.3 Å². The normalized spacial score (nSPS) is 10.8. The summed E-state index contributed by atoms with van der Waals surface area (Å²) in [6.45, 7) is 0.417. The molecule has 0 unspecified atom stereocenters. The number of nitrogens with zero attached hydrogens (tertiary/aromatic N) is 1. The van der Waals surface area contributed by atoms with Gasteiger partial charge in [0, 0.05) is 12.2 Å². The molecule has 0 aliphatic heterocycles. The largest absolute Gasteiger partial charge is 0.418 e. The van der Waals surface area contributed by atoms with E-state index in [2.05, 4.69) is 16.0 Å². The molecular formula is C24H18F4N4OS. The fourth-order valence-corrected chi connectivity index (χ4v) is 3.26. The number of nitriles is 1. The van der Waals surface area contributed by atoms with Gasteiger partial charge in [0.2, 0.25) is 0 Å². The molecule has 0 aliphatic rings. The van der Waals surface area contributed by atoms with Crippen molar-refractivity contribution in [3.05, 3.63) is 94.8 Å². The Labute approximate surface area is 198 Å². The fourth-order valence-electron chi connectivity index (χ4n) is 3.04. The summed E-state index contributed by atoms with van der Waals surface area (Å²) in [7, 11) is 0. The zero-order valence-corrected chi connectivity index (χ0v) is 18.4. The van der Waals surface area contributed by atoms with Crippen LogP contribution in [0.1, 0.15) is 27.0 Å². The number of nitrogens with one attached hydrogen (secondary N) is 3. The average Bonchev–Trinajstić information content (AvgIpc) is 2.80. The molecule has 0 heterocycles. The summed E-state index contributed by atoms with van der Waals surface area (Å²) in [5, 5.41) is 16.6. The van der Waals surface area contributed by atoms with E-state index in [4.69, 9.17) is 17.5 Å². The highest BCUT2D eigenvalue weighted by Crippen LogP contribution is 2.37. The van der Waals surface area contributed by atoms with Crippen molar-refractivity contribution in [3.8, 4) is 6.07 Å². The van der Waals surface area contributed by atoms with Gasteiger partial charge in [0.1, 0.15) is 5.82 Å². The van der Waals surface area contributed by atoms with Crippen LogP contribution in [0, 0.1) is 17.1 Å². The van der Waals surface area contributed by atoms with Crippen molar-refractivity contribution in [1.82, 2.24) is 5.32 Å².